The molecule has 4 unspecified atom stereocenters. The fourth-order valence-corrected chi connectivity index (χ4v) is 4.24. The third-order valence-corrected chi connectivity index (χ3v) is 6.37. The van der Waals surface area contributed by atoms with Gasteiger partial charge >= 0.3 is 11.9 Å². The van der Waals surface area contributed by atoms with Gasteiger partial charge in [0.25, 0.3) is 0 Å². The van der Waals surface area contributed by atoms with Crippen molar-refractivity contribution in [1.29, 1.82) is 0 Å². The predicted molar refractivity (Wildman–Crippen MR) is 148 cm³/mol. The number of carbonyl (C=O) groups is 6. The fourth-order valence-electron chi connectivity index (χ4n) is 4.24. The average Bonchev–Trinajstić information content (AvgIpc) is 3.30. The quantitative estimate of drug-likeness (QED) is 0.124. The Hall–Kier alpha value is -4.46. The van der Waals surface area contributed by atoms with E-state index in [-0.39, 0.29) is 38.0 Å². The summed E-state index contributed by atoms with van der Waals surface area (Å²) in [4.78, 5) is 76.1. The van der Waals surface area contributed by atoms with Gasteiger partial charge in [0.05, 0.1) is 6.04 Å². The highest BCUT2D eigenvalue weighted by atomic mass is 16.4. The van der Waals surface area contributed by atoms with Gasteiger partial charge in [-0.15, -0.1) is 0 Å². The van der Waals surface area contributed by atoms with E-state index in [1.54, 1.807) is 20.0 Å². The smallest absolute Gasteiger partial charge is 0.326 e. The van der Waals surface area contributed by atoms with E-state index >= 15 is 0 Å². The molecule has 0 fully saturated rings. The van der Waals surface area contributed by atoms with Crippen LogP contribution in [0.2, 0.25) is 0 Å². The second kappa shape index (κ2) is 15.4. The highest BCUT2D eigenvalue weighted by molar-refractivity contribution is 5.94. The highest BCUT2D eigenvalue weighted by Gasteiger charge is 2.31. The van der Waals surface area contributed by atoms with Crippen LogP contribution in [0.4, 0.5) is 0 Å². The van der Waals surface area contributed by atoms with E-state index in [0.29, 0.717) is 0 Å². The molecule has 0 saturated carbocycles. The molecule has 1 heterocycles. The van der Waals surface area contributed by atoms with Crippen LogP contribution in [0.1, 0.15) is 51.5 Å². The Kier molecular flexibility index (Phi) is 12.3. The van der Waals surface area contributed by atoms with Crippen LogP contribution in [0.5, 0.6) is 0 Å². The molecule has 0 aliphatic heterocycles. The number of aromatic amines is 1. The Bertz CT molecular complexity index is 1260. The summed E-state index contributed by atoms with van der Waals surface area (Å²) in [6.07, 6.45) is 0.755. The number of benzene rings is 1. The third-order valence-electron chi connectivity index (χ3n) is 6.37. The zero-order valence-corrected chi connectivity index (χ0v) is 23.0. The fraction of sp³-hybridized carbons (Fsp3) is 0.481. The van der Waals surface area contributed by atoms with Gasteiger partial charge in [0.2, 0.25) is 23.6 Å². The number of primary amides is 1. The molecule has 0 saturated heterocycles. The molecule has 10 N–H and O–H groups in total. The van der Waals surface area contributed by atoms with Crippen molar-refractivity contribution in [3.05, 3.63) is 36.0 Å². The Morgan fingerprint density at radius 2 is 1.44 bits per heavy atom. The van der Waals surface area contributed by atoms with Gasteiger partial charge in [-0.25, -0.2) is 4.79 Å². The number of aliphatic carboxylic acids is 2. The molecule has 0 aliphatic carbocycles. The van der Waals surface area contributed by atoms with Gasteiger partial charge in [-0.3, -0.25) is 24.0 Å². The third kappa shape index (κ3) is 10.6. The number of carbonyl (C=O) groups excluding carboxylic acids is 4. The molecule has 0 aliphatic rings. The van der Waals surface area contributed by atoms with E-state index in [2.05, 4.69) is 20.9 Å². The molecule has 4 amide bonds. The minimum Gasteiger partial charge on any atom is -0.481 e. The van der Waals surface area contributed by atoms with Crippen molar-refractivity contribution >= 4 is 46.5 Å². The summed E-state index contributed by atoms with van der Waals surface area (Å²) in [5.41, 5.74) is 13.1. The van der Waals surface area contributed by atoms with Gasteiger partial charge in [0, 0.05) is 29.9 Å². The summed E-state index contributed by atoms with van der Waals surface area (Å²) >= 11 is 0. The number of nitrogens with two attached hydrogens (primary N) is 2. The van der Waals surface area contributed by atoms with Crippen LogP contribution in [0.25, 0.3) is 10.9 Å². The highest BCUT2D eigenvalue weighted by Crippen LogP contribution is 2.19. The summed E-state index contributed by atoms with van der Waals surface area (Å²) in [5.74, 6) is -5.77. The number of H-pyrrole nitrogens is 1. The molecular formula is C27H38N6O8. The monoisotopic (exact) mass is 574 g/mol. The molecule has 41 heavy (non-hydrogen) atoms. The first-order valence-corrected chi connectivity index (χ1v) is 13.2. The van der Waals surface area contributed by atoms with Crippen LogP contribution in [-0.2, 0) is 35.2 Å². The molecule has 4 atom stereocenters. The number of carboxylic acid groups (broad SMARTS) is 2. The minimum atomic E-state index is -1.49. The van der Waals surface area contributed by atoms with Gasteiger partial charge in [0.1, 0.15) is 18.1 Å². The van der Waals surface area contributed by atoms with E-state index in [9.17, 15) is 33.9 Å². The largest absolute Gasteiger partial charge is 0.481 e. The number of hydrogen-bond donors (Lipinski definition) is 8. The van der Waals surface area contributed by atoms with Crippen LogP contribution in [0.15, 0.2) is 30.5 Å². The molecule has 0 spiro atoms. The summed E-state index contributed by atoms with van der Waals surface area (Å²) in [7, 11) is 0. The van der Waals surface area contributed by atoms with Gasteiger partial charge in [-0.2, -0.15) is 0 Å². The molecule has 14 nitrogen and oxygen atoms in total. The lowest BCUT2D eigenvalue weighted by Crippen LogP contribution is -2.57. The van der Waals surface area contributed by atoms with Crippen molar-refractivity contribution in [3.63, 3.8) is 0 Å². The Balaban J connectivity index is 2.15. The minimum absolute atomic E-state index is 0.111. The molecule has 1 aromatic carbocycles. The normalized spacial score (nSPS) is 14.0. The van der Waals surface area contributed by atoms with E-state index < -0.39 is 66.2 Å². The Labute approximate surface area is 236 Å². The van der Waals surface area contributed by atoms with Crippen molar-refractivity contribution in [1.82, 2.24) is 20.9 Å². The number of nitrogens with one attached hydrogen (secondary N) is 4. The van der Waals surface area contributed by atoms with Crippen molar-refractivity contribution in [3.8, 4) is 0 Å². The molecule has 0 radical (unpaired) electrons. The summed E-state index contributed by atoms with van der Waals surface area (Å²) < 4.78 is 0. The SMILES string of the molecule is CC(C)CC(NC(=O)C(CCC(N)=O)NC(=O)C(N)Cc1c[nH]c2ccccc12)C(=O)NC(CCC(=O)O)C(=O)O. The van der Waals surface area contributed by atoms with E-state index in [1.165, 1.54) is 0 Å². The van der Waals surface area contributed by atoms with E-state index in [4.69, 9.17) is 16.6 Å². The van der Waals surface area contributed by atoms with Crippen LogP contribution in [-0.4, -0.2) is 74.9 Å². The van der Waals surface area contributed by atoms with Gasteiger partial charge < -0.3 is 42.6 Å². The number of amides is 4. The van der Waals surface area contributed by atoms with Crippen LogP contribution in [0, 0.1) is 5.92 Å². The molecule has 0 bridgehead atoms. The zero-order chi connectivity index (χ0) is 30.7. The number of rotatable bonds is 17. The number of hydrogen-bond acceptors (Lipinski definition) is 7. The van der Waals surface area contributed by atoms with Gasteiger partial charge in [-0.05, 0) is 43.2 Å². The van der Waals surface area contributed by atoms with Crippen molar-refractivity contribution in [2.24, 2.45) is 17.4 Å². The number of fused-ring (bicyclic) bond motifs is 1. The number of aromatic nitrogens is 1. The summed E-state index contributed by atoms with van der Waals surface area (Å²) in [6, 6.07) is 2.47. The first kappa shape index (κ1) is 32.8. The molecule has 2 rings (SSSR count). The van der Waals surface area contributed by atoms with Crippen molar-refractivity contribution in [2.45, 2.75) is 76.5 Å². The first-order chi connectivity index (χ1) is 19.3. The standard InChI is InChI=1S/C27H38N6O8/c1-14(2)11-21(26(39)32-20(27(40)41)8-10-23(35)36)33-25(38)19(7-9-22(29)34)31-24(37)17(28)12-15-13-30-18-6-4-3-5-16(15)18/h3-6,13-14,17,19-21,30H,7-12,28H2,1-2H3,(H2,29,34)(H,31,37)(H,32,39)(H,33,38)(H,35,36)(H,40,41). The maximum atomic E-state index is 13.2. The lowest BCUT2D eigenvalue weighted by atomic mass is 10.0. The average molecular weight is 575 g/mol. The molecule has 14 heteroatoms. The first-order valence-electron chi connectivity index (χ1n) is 13.2. The molecule has 1 aromatic heterocycles. The van der Waals surface area contributed by atoms with Crippen LogP contribution in [0.3, 0.4) is 0 Å². The number of carboxylic acids is 2. The maximum Gasteiger partial charge on any atom is 0.326 e. The van der Waals surface area contributed by atoms with Gasteiger partial charge in [-0.1, -0.05) is 32.0 Å². The lowest BCUT2D eigenvalue weighted by Gasteiger charge is -2.26. The van der Waals surface area contributed by atoms with Crippen molar-refractivity contribution < 1.29 is 39.0 Å². The van der Waals surface area contributed by atoms with Crippen molar-refractivity contribution in [2.75, 3.05) is 0 Å². The van der Waals surface area contributed by atoms with Crippen LogP contribution >= 0.6 is 0 Å². The summed E-state index contributed by atoms with van der Waals surface area (Å²) in [5, 5.41) is 26.5. The lowest BCUT2D eigenvalue weighted by molar-refractivity contribution is -0.143. The van der Waals surface area contributed by atoms with E-state index in [1.807, 2.05) is 24.3 Å². The topological polar surface area (TPSA) is 247 Å². The number of para-hydroxylation sites is 1. The molecular weight excluding hydrogens is 536 g/mol. The zero-order valence-electron chi connectivity index (χ0n) is 23.0. The van der Waals surface area contributed by atoms with E-state index in [0.717, 1.165) is 16.5 Å². The van der Waals surface area contributed by atoms with Crippen LogP contribution < -0.4 is 27.4 Å². The molecule has 224 valence electrons. The Morgan fingerprint density at radius 3 is 2.05 bits per heavy atom. The second-order valence-electron chi connectivity index (χ2n) is 10.3. The maximum absolute atomic E-state index is 13.2. The predicted octanol–water partition coefficient (Wildman–Crippen LogP) is -0.247. The Morgan fingerprint density at radius 1 is 0.854 bits per heavy atom. The summed E-state index contributed by atoms with van der Waals surface area (Å²) in [6.45, 7) is 3.56. The second-order valence-corrected chi connectivity index (χ2v) is 10.3. The molecule has 2 aromatic rings. The van der Waals surface area contributed by atoms with Gasteiger partial charge in [0.15, 0.2) is 0 Å².